The highest BCUT2D eigenvalue weighted by molar-refractivity contribution is 7.17. The van der Waals surface area contributed by atoms with Gasteiger partial charge in [0.2, 0.25) is 0 Å². The topological polar surface area (TPSA) is 32.3 Å². The minimum absolute atomic E-state index is 0. The van der Waals surface area contributed by atoms with Crippen LogP contribution in [-0.4, -0.2) is 37.0 Å². The number of amides is 1. The van der Waals surface area contributed by atoms with E-state index >= 15 is 0 Å². The number of piperidine rings is 1. The number of hydrogen-bond donors (Lipinski definition) is 1. The van der Waals surface area contributed by atoms with Gasteiger partial charge in [-0.25, -0.2) is 0 Å². The number of rotatable bonds is 1. The SMILES string of the molecule is Cl.O=C(c1ccc(Cl)s1)N1CCC2CNCC2C1. The lowest BCUT2D eigenvalue weighted by Gasteiger charge is -2.34. The molecule has 0 spiro atoms. The van der Waals surface area contributed by atoms with E-state index in [4.69, 9.17) is 11.6 Å². The van der Waals surface area contributed by atoms with Gasteiger partial charge in [0.1, 0.15) is 0 Å². The molecule has 2 aliphatic rings. The summed E-state index contributed by atoms with van der Waals surface area (Å²) in [5.41, 5.74) is 0. The van der Waals surface area contributed by atoms with Gasteiger partial charge in [0, 0.05) is 13.1 Å². The second kappa shape index (κ2) is 5.78. The summed E-state index contributed by atoms with van der Waals surface area (Å²) in [7, 11) is 0. The molecule has 0 aromatic carbocycles. The summed E-state index contributed by atoms with van der Waals surface area (Å²) < 4.78 is 0.686. The van der Waals surface area contributed by atoms with Gasteiger partial charge in [-0.3, -0.25) is 4.79 Å². The van der Waals surface area contributed by atoms with E-state index in [1.807, 2.05) is 11.0 Å². The number of nitrogens with one attached hydrogen (secondary N) is 1. The van der Waals surface area contributed by atoms with Crippen LogP contribution in [0.15, 0.2) is 12.1 Å². The molecular formula is C12H16Cl2N2OS. The Bertz CT molecular complexity index is 437. The Balaban J connectivity index is 0.00000120. The lowest BCUT2D eigenvalue weighted by Crippen LogP contribution is -2.43. The van der Waals surface area contributed by atoms with Crippen LogP contribution >= 0.6 is 35.3 Å². The van der Waals surface area contributed by atoms with E-state index in [0.29, 0.717) is 10.3 Å². The fourth-order valence-electron chi connectivity index (χ4n) is 2.80. The number of nitrogens with zero attached hydrogens (tertiary/aromatic N) is 1. The minimum Gasteiger partial charge on any atom is -0.338 e. The van der Waals surface area contributed by atoms with Gasteiger partial charge in [0.25, 0.3) is 5.91 Å². The number of halogens is 2. The molecule has 18 heavy (non-hydrogen) atoms. The van der Waals surface area contributed by atoms with E-state index in [0.717, 1.165) is 43.4 Å². The predicted molar refractivity (Wildman–Crippen MR) is 76.9 cm³/mol. The average molecular weight is 307 g/mol. The molecule has 3 nitrogen and oxygen atoms in total. The van der Waals surface area contributed by atoms with Crippen LogP contribution in [0.2, 0.25) is 4.34 Å². The van der Waals surface area contributed by atoms with Crippen molar-refractivity contribution in [1.29, 1.82) is 0 Å². The lowest BCUT2D eigenvalue weighted by molar-refractivity contribution is 0.0647. The Kier molecular flexibility index (Phi) is 4.54. The highest BCUT2D eigenvalue weighted by Crippen LogP contribution is 2.29. The third kappa shape index (κ3) is 2.67. The minimum atomic E-state index is 0. The van der Waals surface area contributed by atoms with Crippen LogP contribution in [0.4, 0.5) is 0 Å². The molecule has 6 heteroatoms. The van der Waals surface area contributed by atoms with Gasteiger partial charge in [0.05, 0.1) is 9.21 Å². The first-order chi connectivity index (χ1) is 8.24. The zero-order valence-corrected chi connectivity index (χ0v) is 12.3. The van der Waals surface area contributed by atoms with Gasteiger partial charge in [-0.2, -0.15) is 0 Å². The van der Waals surface area contributed by atoms with Crippen LogP contribution in [0.5, 0.6) is 0 Å². The maximum atomic E-state index is 12.3. The second-order valence-electron chi connectivity index (χ2n) is 4.82. The van der Waals surface area contributed by atoms with Crippen molar-refractivity contribution < 1.29 is 4.79 Å². The standard InChI is InChI=1S/C12H15ClN2OS.ClH/c13-11-2-1-10(17-11)12(16)15-4-3-8-5-14-6-9(8)7-15;/h1-2,8-9,14H,3-7H2;1H. The molecule has 2 atom stereocenters. The zero-order chi connectivity index (χ0) is 11.8. The Labute approximate surface area is 122 Å². The largest absolute Gasteiger partial charge is 0.338 e. The second-order valence-corrected chi connectivity index (χ2v) is 6.54. The molecule has 100 valence electrons. The predicted octanol–water partition coefficient (Wildman–Crippen LogP) is 2.50. The van der Waals surface area contributed by atoms with Crippen molar-refractivity contribution in [2.75, 3.05) is 26.2 Å². The van der Waals surface area contributed by atoms with Gasteiger partial charge in [-0.05, 0) is 43.5 Å². The van der Waals surface area contributed by atoms with Gasteiger partial charge < -0.3 is 10.2 Å². The fourth-order valence-corrected chi connectivity index (χ4v) is 3.82. The van der Waals surface area contributed by atoms with Gasteiger partial charge in [0.15, 0.2) is 0 Å². The number of carbonyl (C=O) groups is 1. The summed E-state index contributed by atoms with van der Waals surface area (Å²) in [6.45, 7) is 3.96. The molecule has 2 saturated heterocycles. The van der Waals surface area contributed by atoms with Crippen LogP contribution in [0.3, 0.4) is 0 Å². The summed E-state index contributed by atoms with van der Waals surface area (Å²) in [5.74, 6) is 1.56. The van der Waals surface area contributed by atoms with Gasteiger partial charge >= 0.3 is 0 Å². The van der Waals surface area contributed by atoms with Crippen LogP contribution in [-0.2, 0) is 0 Å². The van der Waals surface area contributed by atoms with Crippen LogP contribution in [0, 0.1) is 11.8 Å². The molecule has 0 saturated carbocycles. The summed E-state index contributed by atoms with van der Waals surface area (Å²) in [6, 6.07) is 3.62. The highest BCUT2D eigenvalue weighted by Gasteiger charge is 2.34. The molecule has 1 aromatic heterocycles. The first kappa shape index (κ1) is 14.1. The molecule has 2 fully saturated rings. The molecule has 1 amide bonds. The van der Waals surface area contributed by atoms with Crippen molar-refractivity contribution in [2.45, 2.75) is 6.42 Å². The van der Waals surface area contributed by atoms with E-state index in [2.05, 4.69) is 5.32 Å². The third-order valence-electron chi connectivity index (χ3n) is 3.78. The number of carbonyl (C=O) groups excluding carboxylic acids is 1. The van der Waals surface area contributed by atoms with E-state index in [-0.39, 0.29) is 18.3 Å². The summed E-state index contributed by atoms with van der Waals surface area (Å²) in [5, 5.41) is 3.41. The van der Waals surface area contributed by atoms with Crippen molar-refractivity contribution in [2.24, 2.45) is 11.8 Å². The Morgan fingerprint density at radius 3 is 2.89 bits per heavy atom. The number of hydrogen-bond acceptors (Lipinski definition) is 3. The number of likely N-dealkylation sites (tertiary alicyclic amines) is 1. The zero-order valence-electron chi connectivity index (χ0n) is 9.89. The van der Waals surface area contributed by atoms with Crippen molar-refractivity contribution in [3.05, 3.63) is 21.3 Å². The summed E-state index contributed by atoms with van der Waals surface area (Å²) >= 11 is 7.24. The Morgan fingerprint density at radius 1 is 1.39 bits per heavy atom. The van der Waals surface area contributed by atoms with E-state index in [9.17, 15) is 4.79 Å². The van der Waals surface area contributed by atoms with E-state index in [1.165, 1.54) is 11.3 Å². The number of fused-ring (bicyclic) bond motifs is 1. The molecular weight excluding hydrogens is 291 g/mol. The molecule has 2 unspecified atom stereocenters. The van der Waals surface area contributed by atoms with E-state index in [1.54, 1.807) is 6.07 Å². The summed E-state index contributed by atoms with van der Waals surface area (Å²) in [6.07, 6.45) is 1.13. The molecule has 3 heterocycles. The molecule has 0 bridgehead atoms. The average Bonchev–Trinajstić information content (AvgIpc) is 2.95. The molecule has 0 radical (unpaired) electrons. The van der Waals surface area contributed by atoms with Crippen LogP contribution < -0.4 is 5.32 Å². The van der Waals surface area contributed by atoms with Gasteiger partial charge in [-0.15, -0.1) is 23.7 Å². The van der Waals surface area contributed by atoms with Crippen molar-refractivity contribution >= 4 is 41.3 Å². The Morgan fingerprint density at radius 2 is 2.17 bits per heavy atom. The molecule has 1 aromatic rings. The smallest absolute Gasteiger partial charge is 0.263 e. The number of thiophene rings is 1. The highest BCUT2D eigenvalue weighted by atomic mass is 35.5. The first-order valence-corrected chi connectivity index (χ1v) is 7.19. The Hall–Kier alpha value is -0.290. The van der Waals surface area contributed by atoms with Crippen molar-refractivity contribution in [3.8, 4) is 0 Å². The monoisotopic (exact) mass is 306 g/mol. The van der Waals surface area contributed by atoms with Crippen LogP contribution in [0.1, 0.15) is 16.1 Å². The fraction of sp³-hybridized carbons (Fsp3) is 0.583. The van der Waals surface area contributed by atoms with Gasteiger partial charge in [-0.1, -0.05) is 11.6 Å². The summed E-state index contributed by atoms with van der Waals surface area (Å²) in [4.78, 5) is 15.0. The van der Waals surface area contributed by atoms with Crippen molar-refractivity contribution in [1.82, 2.24) is 10.2 Å². The van der Waals surface area contributed by atoms with Crippen molar-refractivity contribution in [3.63, 3.8) is 0 Å². The van der Waals surface area contributed by atoms with E-state index < -0.39 is 0 Å². The molecule has 1 N–H and O–H groups in total. The maximum absolute atomic E-state index is 12.3. The maximum Gasteiger partial charge on any atom is 0.263 e. The third-order valence-corrected chi connectivity index (χ3v) is 4.99. The normalized spacial score (nSPS) is 26.6. The molecule has 2 aliphatic heterocycles. The molecule has 3 rings (SSSR count). The van der Waals surface area contributed by atoms with Crippen LogP contribution in [0.25, 0.3) is 0 Å². The quantitative estimate of drug-likeness (QED) is 0.864. The molecule has 0 aliphatic carbocycles. The lowest BCUT2D eigenvalue weighted by atomic mass is 9.88. The first-order valence-electron chi connectivity index (χ1n) is 5.99.